The van der Waals surface area contributed by atoms with Gasteiger partial charge in [0.15, 0.2) is 0 Å². The van der Waals surface area contributed by atoms with Crippen molar-refractivity contribution in [1.29, 1.82) is 0 Å². The molecule has 1 fully saturated rings. The van der Waals surface area contributed by atoms with Gasteiger partial charge >= 0.3 is 0 Å². The van der Waals surface area contributed by atoms with Gasteiger partial charge in [-0.2, -0.15) is 0 Å². The maximum atomic E-state index is 11.7. The smallest absolute Gasteiger partial charge is 0.247 e. The predicted octanol–water partition coefficient (Wildman–Crippen LogP) is 3.98. The minimum absolute atomic E-state index is 0.282. The molecule has 3 N–H and O–H groups in total. The Morgan fingerprint density at radius 1 is 1.14 bits per heavy atom. The monoisotopic (exact) mass is 481 g/mol. The Morgan fingerprint density at radius 3 is 2.81 bits per heavy atom. The second-order valence-corrected chi connectivity index (χ2v) is 8.31. The lowest BCUT2D eigenvalue weighted by Gasteiger charge is -2.30. The molecule has 5 rings (SSSR count). The van der Waals surface area contributed by atoms with Crippen LogP contribution in [0.5, 0.6) is 5.75 Å². The van der Waals surface area contributed by atoms with Gasteiger partial charge in [-0.15, -0.1) is 0 Å². The lowest BCUT2D eigenvalue weighted by Crippen LogP contribution is -2.43. The van der Waals surface area contributed by atoms with Crippen molar-refractivity contribution in [2.75, 3.05) is 48.8 Å². The van der Waals surface area contributed by atoms with Gasteiger partial charge in [0.25, 0.3) is 0 Å². The molecule has 36 heavy (non-hydrogen) atoms. The number of aromatic nitrogens is 3. The molecule has 1 saturated heterocycles. The molecule has 9 heteroatoms. The van der Waals surface area contributed by atoms with Crippen LogP contribution in [0.1, 0.15) is 0 Å². The molecule has 3 heterocycles. The lowest BCUT2D eigenvalue weighted by molar-refractivity contribution is -0.111. The van der Waals surface area contributed by atoms with Gasteiger partial charge in [-0.3, -0.25) is 9.78 Å². The predicted molar refractivity (Wildman–Crippen MR) is 143 cm³/mol. The summed E-state index contributed by atoms with van der Waals surface area (Å²) in [6.45, 7) is 7.34. The molecule has 0 radical (unpaired) electrons. The van der Waals surface area contributed by atoms with E-state index in [0.29, 0.717) is 17.3 Å². The SMILES string of the molecule is C=CC(=O)Nc1ccnc(-c2cccc3cnc(Nc4ccc(N5CCNCC5)cc4OC)nc23)c1. The van der Waals surface area contributed by atoms with E-state index in [0.717, 1.165) is 59.8 Å². The lowest BCUT2D eigenvalue weighted by atomic mass is 10.1. The van der Waals surface area contributed by atoms with Crippen molar-refractivity contribution in [3.05, 3.63) is 73.6 Å². The average Bonchev–Trinajstić information content (AvgIpc) is 2.93. The maximum Gasteiger partial charge on any atom is 0.247 e. The number of hydrogen-bond acceptors (Lipinski definition) is 8. The van der Waals surface area contributed by atoms with Crippen molar-refractivity contribution in [3.8, 4) is 17.0 Å². The molecule has 0 bridgehead atoms. The molecule has 1 aliphatic rings. The van der Waals surface area contributed by atoms with E-state index in [4.69, 9.17) is 9.72 Å². The van der Waals surface area contributed by atoms with Crippen LogP contribution in [-0.2, 0) is 4.79 Å². The molecule has 0 spiro atoms. The van der Waals surface area contributed by atoms with Crippen LogP contribution in [0.4, 0.5) is 23.0 Å². The van der Waals surface area contributed by atoms with Gasteiger partial charge in [0.05, 0.1) is 24.0 Å². The molecule has 2 aromatic heterocycles. The van der Waals surface area contributed by atoms with E-state index in [1.807, 2.05) is 36.4 Å². The van der Waals surface area contributed by atoms with Crippen LogP contribution in [0.25, 0.3) is 22.2 Å². The number of benzene rings is 2. The number of hydrogen-bond donors (Lipinski definition) is 3. The molecular formula is C27H27N7O2. The fraction of sp³-hybridized carbons (Fsp3) is 0.185. The Hall–Kier alpha value is -4.50. The van der Waals surface area contributed by atoms with Gasteiger partial charge in [0, 0.05) is 67.0 Å². The van der Waals surface area contributed by atoms with Gasteiger partial charge in [-0.1, -0.05) is 24.8 Å². The molecule has 9 nitrogen and oxygen atoms in total. The summed E-state index contributed by atoms with van der Waals surface area (Å²) in [5.41, 5.74) is 4.78. The topological polar surface area (TPSA) is 104 Å². The first-order valence-corrected chi connectivity index (χ1v) is 11.7. The van der Waals surface area contributed by atoms with Crippen LogP contribution in [0.2, 0.25) is 0 Å². The number of nitrogens with zero attached hydrogens (tertiary/aromatic N) is 4. The second-order valence-electron chi connectivity index (χ2n) is 8.31. The molecule has 182 valence electrons. The third-order valence-corrected chi connectivity index (χ3v) is 6.01. The average molecular weight is 482 g/mol. The van der Waals surface area contributed by atoms with Gasteiger partial charge < -0.3 is 25.6 Å². The van der Waals surface area contributed by atoms with Crippen molar-refractivity contribution in [2.45, 2.75) is 0 Å². The fourth-order valence-corrected chi connectivity index (χ4v) is 4.19. The molecule has 4 aromatic rings. The Bertz CT molecular complexity index is 1420. The van der Waals surface area contributed by atoms with Crippen molar-refractivity contribution in [2.24, 2.45) is 0 Å². The molecule has 1 aliphatic heterocycles. The summed E-state index contributed by atoms with van der Waals surface area (Å²) < 4.78 is 5.67. The van der Waals surface area contributed by atoms with Gasteiger partial charge in [0.1, 0.15) is 5.75 Å². The Labute approximate surface area is 209 Å². The first-order valence-electron chi connectivity index (χ1n) is 11.7. The number of anilines is 4. The number of carbonyl (C=O) groups excluding carboxylic acids is 1. The van der Waals surface area contributed by atoms with Crippen molar-refractivity contribution < 1.29 is 9.53 Å². The van der Waals surface area contributed by atoms with E-state index >= 15 is 0 Å². The number of rotatable bonds is 7. The van der Waals surface area contributed by atoms with E-state index in [-0.39, 0.29) is 5.91 Å². The largest absolute Gasteiger partial charge is 0.494 e. The highest BCUT2D eigenvalue weighted by Gasteiger charge is 2.15. The third-order valence-electron chi connectivity index (χ3n) is 6.01. The van der Waals surface area contributed by atoms with E-state index in [1.54, 1.807) is 25.6 Å². The standard InChI is InChI=1S/C27H27N7O2/c1-3-25(35)31-19-9-10-29-23(15-19)21-6-4-5-18-17-30-27(33-26(18)21)32-22-8-7-20(16-24(22)36-2)34-13-11-28-12-14-34/h3-10,15-17,28H,1,11-14H2,2H3,(H,29,31,35)(H,30,32,33). The molecule has 0 aliphatic carbocycles. The van der Waals surface area contributed by atoms with Crippen LogP contribution in [0, 0.1) is 0 Å². The number of amides is 1. The molecule has 2 aromatic carbocycles. The summed E-state index contributed by atoms with van der Waals surface area (Å²) in [6, 6.07) is 15.5. The van der Waals surface area contributed by atoms with Gasteiger partial charge in [-0.05, 0) is 30.3 Å². The quantitative estimate of drug-likeness (QED) is 0.341. The summed E-state index contributed by atoms with van der Waals surface area (Å²) in [5, 5.41) is 10.3. The first kappa shape index (κ1) is 23.3. The molecule has 0 unspecified atom stereocenters. The number of para-hydroxylation sites is 1. The van der Waals surface area contributed by atoms with Crippen LogP contribution in [-0.4, -0.2) is 54.1 Å². The van der Waals surface area contributed by atoms with Crippen LogP contribution in [0.3, 0.4) is 0 Å². The molecule has 1 amide bonds. The van der Waals surface area contributed by atoms with E-state index < -0.39 is 0 Å². The normalized spacial score (nSPS) is 13.3. The van der Waals surface area contributed by atoms with Crippen LogP contribution >= 0.6 is 0 Å². The minimum atomic E-state index is -0.282. The summed E-state index contributed by atoms with van der Waals surface area (Å²) in [4.78, 5) is 27.9. The van der Waals surface area contributed by atoms with Crippen molar-refractivity contribution in [1.82, 2.24) is 20.3 Å². The highest BCUT2D eigenvalue weighted by molar-refractivity contribution is 5.99. The number of nitrogens with one attached hydrogen (secondary N) is 3. The zero-order valence-electron chi connectivity index (χ0n) is 20.0. The summed E-state index contributed by atoms with van der Waals surface area (Å²) >= 11 is 0. The fourth-order valence-electron chi connectivity index (χ4n) is 4.19. The summed E-state index contributed by atoms with van der Waals surface area (Å²) in [5.74, 6) is 0.880. The molecule has 0 atom stereocenters. The Kier molecular flexibility index (Phi) is 6.72. The number of pyridine rings is 1. The van der Waals surface area contributed by atoms with Gasteiger partial charge in [-0.25, -0.2) is 9.97 Å². The summed E-state index contributed by atoms with van der Waals surface area (Å²) in [6.07, 6.45) is 4.66. The number of methoxy groups -OCH3 is 1. The minimum Gasteiger partial charge on any atom is -0.494 e. The number of carbonyl (C=O) groups is 1. The van der Waals surface area contributed by atoms with E-state index in [2.05, 4.69) is 43.5 Å². The van der Waals surface area contributed by atoms with Crippen LogP contribution < -0.4 is 25.6 Å². The van der Waals surface area contributed by atoms with Crippen molar-refractivity contribution in [3.63, 3.8) is 0 Å². The number of fused-ring (bicyclic) bond motifs is 1. The third kappa shape index (κ3) is 4.96. The van der Waals surface area contributed by atoms with Gasteiger partial charge in [0.2, 0.25) is 11.9 Å². The second kappa shape index (κ2) is 10.4. The zero-order valence-corrected chi connectivity index (χ0v) is 20.0. The zero-order chi connectivity index (χ0) is 24.9. The summed E-state index contributed by atoms with van der Waals surface area (Å²) in [7, 11) is 1.66. The number of piperazine rings is 1. The highest BCUT2D eigenvalue weighted by Crippen LogP contribution is 2.33. The Morgan fingerprint density at radius 2 is 2.00 bits per heavy atom. The maximum absolute atomic E-state index is 11.7. The highest BCUT2D eigenvalue weighted by atomic mass is 16.5. The molecular weight excluding hydrogens is 454 g/mol. The van der Waals surface area contributed by atoms with Crippen molar-refractivity contribution >= 4 is 39.8 Å². The van der Waals surface area contributed by atoms with Crippen LogP contribution in [0.15, 0.2) is 73.6 Å². The van der Waals surface area contributed by atoms with E-state index in [9.17, 15) is 4.79 Å². The molecule has 0 saturated carbocycles. The number of ether oxygens (including phenoxy) is 1. The first-order chi connectivity index (χ1) is 17.6. The Balaban J connectivity index is 1.46. The van der Waals surface area contributed by atoms with E-state index in [1.165, 1.54) is 6.08 Å².